The van der Waals surface area contributed by atoms with Crippen LogP contribution in [-0.2, 0) is 15.1 Å². The first-order valence-corrected chi connectivity index (χ1v) is 10.7. The van der Waals surface area contributed by atoms with Crippen molar-refractivity contribution in [3.63, 3.8) is 0 Å². The molecule has 2 fully saturated rings. The van der Waals surface area contributed by atoms with Gasteiger partial charge in [-0.15, -0.1) is 0 Å². The minimum Gasteiger partial charge on any atom is -0.368 e. The number of piperazine rings is 1. The van der Waals surface area contributed by atoms with Crippen LogP contribution in [0, 0.1) is 5.82 Å². The Morgan fingerprint density at radius 2 is 2.12 bits per heavy atom. The van der Waals surface area contributed by atoms with Crippen LogP contribution in [0.15, 0.2) is 42.7 Å². The third-order valence-corrected chi connectivity index (χ3v) is 6.33. The largest absolute Gasteiger partial charge is 0.368 e. The molecule has 2 aromatic rings. The van der Waals surface area contributed by atoms with Crippen LogP contribution in [0.3, 0.4) is 0 Å². The number of amides is 4. The van der Waals surface area contributed by atoms with Crippen molar-refractivity contribution in [2.75, 3.05) is 24.5 Å². The van der Waals surface area contributed by atoms with Crippen molar-refractivity contribution in [1.82, 2.24) is 20.5 Å². The summed E-state index contributed by atoms with van der Waals surface area (Å²) in [5.41, 5.74) is -0.0853. The van der Waals surface area contributed by atoms with Gasteiger partial charge in [-0.25, -0.2) is 9.18 Å². The van der Waals surface area contributed by atoms with E-state index in [1.165, 1.54) is 18.3 Å². The smallest absolute Gasteiger partial charge is 0.322 e. The van der Waals surface area contributed by atoms with Gasteiger partial charge in [0, 0.05) is 55.7 Å². The van der Waals surface area contributed by atoms with E-state index in [1.807, 2.05) is 11.8 Å². The van der Waals surface area contributed by atoms with Crippen LogP contribution in [0.25, 0.3) is 0 Å². The fourth-order valence-electron chi connectivity index (χ4n) is 4.31. The number of pyridine rings is 1. The fraction of sp³-hybridized carbons (Fsp3) is 0.364. The van der Waals surface area contributed by atoms with E-state index in [0.29, 0.717) is 30.9 Å². The lowest BCUT2D eigenvalue weighted by Gasteiger charge is -2.41. The Balaban J connectivity index is 1.43. The van der Waals surface area contributed by atoms with E-state index >= 15 is 0 Å². The Morgan fingerprint density at radius 3 is 2.75 bits per heavy atom. The normalized spacial score (nSPS) is 23.2. The van der Waals surface area contributed by atoms with Gasteiger partial charge in [-0.1, -0.05) is 17.7 Å². The van der Waals surface area contributed by atoms with Gasteiger partial charge in [0.25, 0.3) is 5.91 Å². The summed E-state index contributed by atoms with van der Waals surface area (Å²) in [5, 5.41) is 5.01. The first kappa shape index (κ1) is 22.0. The molecule has 0 spiro atoms. The molecule has 4 amide bonds. The number of hydrogen-bond acceptors (Lipinski definition) is 5. The molecule has 2 saturated heterocycles. The molecule has 1 unspecified atom stereocenters. The summed E-state index contributed by atoms with van der Waals surface area (Å²) in [4.78, 5) is 45.3. The lowest BCUT2D eigenvalue weighted by Crippen LogP contribution is -2.54. The van der Waals surface area contributed by atoms with Gasteiger partial charge in [-0.2, -0.15) is 0 Å². The van der Waals surface area contributed by atoms with E-state index < -0.39 is 23.3 Å². The third-order valence-electron chi connectivity index (χ3n) is 6.03. The summed E-state index contributed by atoms with van der Waals surface area (Å²) in [6, 6.07) is 7.35. The number of hydrogen-bond donors (Lipinski definition) is 2. The van der Waals surface area contributed by atoms with Crippen molar-refractivity contribution >= 4 is 35.1 Å². The highest BCUT2D eigenvalue weighted by molar-refractivity contribution is 6.30. The fourth-order valence-corrected chi connectivity index (χ4v) is 4.43. The molecule has 168 valence electrons. The van der Waals surface area contributed by atoms with Gasteiger partial charge in [-0.05, 0) is 37.6 Å². The molecule has 2 aliphatic rings. The maximum absolute atomic E-state index is 13.8. The average Bonchev–Trinajstić information content (AvgIpc) is 3.08. The van der Waals surface area contributed by atoms with Gasteiger partial charge in [-0.3, -0.25) is 19.9 Å². The minimum absolute atomic E-state index is 0.0706. The second kappa shape index (κ2) is 8.74. The van der Waals surface area contributed by atoms with Crippen molar-refractivity contribution in [2.24, 2.45) is 0 Å². The zero-order chi connectivity index (χ0) is 22.9. The van der Waals surface area contributed by atoms with Crippen molar-refractivity contribution in [2.45, 2.75) is 31.3 Å². The number of halogens is 2. The van der Waals surface area contributed by atoms with Gasteiger partial charge in [0.1, 0.15) is 11.4 Å². The molecule has 0 bridgehead atoms. The summed E-state index contributed by atoms with van der Waals surface area (Å²) < 4.78 is 13.8. The highest BCUT2D eigenvalue weighted by Crippen LogP contribution is 2.30. The maximum atomic E-state index is 13.8. The molecule has 0 radical (unpaired) electrons. The summed E-state index contributed by atoms with van der Waals surface area (Å²) in [6.45, 7) is 3.47. The van der Waals surface area contributed by atoms with Gasteiger partial charge < -0.3 is 15.1 Å². The number of carbonyl (C=O) groups excluding carboxylic acids is 3. The molecule has 1 aromatic carbocycles. The summed E-state index contributed by atoms with van der Waals surface area (Å²) in [7, 11) is 0. The molecular weight excluding hydrogens is 437 g/mol. The van der Waals surface area contributed by atoms with Gasteiger partial charge in [0.15, 0.2) is 0 Å². The summed E-state index contributed by atoms with van der Waals surface area (Å²) in [6.07, 6.45) is 3.28. The number of nitrogens with one attached hydrogen (secondary N) is 2. The first-order chi connectivity index (χ1) is 15.3. The van der Waals surface area contributed by atoms with Crippen LogP contribution < -0.4 is 15.5 Å². The van der Waals surface area contributed by atoms with Gasteiger partial charge in [0.05, 0.1) is 5.02 Å². The molecular formula is C22H23ClFN5O3. The first-order valence-electron chi connectivity index (χ1n) is 10.3. The second-order valence-electron chi connectivity index (χ2n) is 8.04. The standard InChI is InChI=1S/C22H23ClFN5O3/c1-14-13-28(16-4-5-17(23)18(24)11-16)9-10-29(14)19(30)6-7-22(15-3-2-8-25-12-15)20(31)26-21(32)27-22/h2-5,8,11-12,14H,6-7,9-10,13H2,1H3,(H2,26,27,31,32)/t14-,22?/m1/s1. The van der Waals surface area contributed by atoms with E-state index in [0.717, 1.165) is 0 Å². The molecule has 0 saturated carbocycles. The Hall–Kier alpha value is -3.20. The number of urea groups is 1. The SMILES string of the molecule is C[C@@H]1CN(c2ccc(Cl)c(F)c2)CCN1C(=O)CCC1(c2cccnc2)NC(=O)NC1=O. The summed E-state index contributed by atoms with van der Waals surface area (Å²) in [5.74, 6) is -1.09. The molecule has 0 aliphatic carbocycles. The van der Waals surface area contributed by atoms with E-state index in [4.69, 9.17) is 11.6 Å². The van der Waals surface area contributed by atoms with Crippen LogP contribution in [0.4, 0.5) is 14.9 Å². The number of imide groups is 1. The van der Waals surface area contributed by atoms with Gasteiger partial charge in [0.2, 0.25) is 5.91 Å². The van der Waals surface area contributed by atoms with Crippen molar-refractivity contribution in [1.29, 1.82) is 0 Å². The molecule has 4 rings (SSSR count). The maximum Gasteiger partial charge on any atom is 0.322 e. The predicted molar refractivity (Wildman–Crippen MR) is 117 cm³/mol. The molecule has 1 aromatic heterocycles. The van der Waals surface area contributed by atoms with Crippen molar-refractivity contribution < 1.29 is 18.8 Å². The van der Waals surface area contributed by atoms with E-state index in [-0.39, 0.29) is 29.8 Å². The van der Waals surface area contributed by atoms with Crippen LogP contribution in [0.5, 0.6) is 0 Å². The van der Waals surface area contributed by atoms with Crippen LogP contribution in [0.1, 0.15) is 25.3 Å². The number of benzene rings is 1. The number of carbonyl (C=O) groups is 3. The lowest BCUT2D eigenvalue weighted by molar-refractivity contribution is -0.134. The Bertz CT molecular complexity index is 1050. The molecule has 8 nitrogen and oxygen atoms in total. The molecule has 10 heteroatoms. The second-order valence-corrected chi connectivity index (χ2v) is 8.44. The van der Waals surface area contributed by atoms with E-state index in [1.54, 1.807) is 29.3 Å². The van der Waals surface area contributed by atoms with E-state index in [9.17, 15) is 18.8 Å². The van der Waals surface area contributed by atoms with Crippen molar-refractivity contribution in [3.05, 3.63) is 59.1 Å². The predicted octanol–water partition coefficient (Wildman–Crippen LogP) is 2.43. The average molecular weight is 460 g/mol. The van der Waals surface area contributed by atoms with Crippen LogP contribution in [0.2, 0.25) is 5.02 Å². The van der Waals surface area contributed by atoms with Crippen LogP contribution >= 0.6 is 11.6 Å². The van der Waals surface area contributed by atoms with Crippen LogP contribution in [-0.4, -0.2) is 53.4 Å². The molecule has 3 heterocycles. The Morgan fingerprint density at radius 1 is 1.31 bits per heavy atom. The molecule has 2 N–H and O–H groups in total. The minimum atomic E-state index is -1.33. The quantitative estimate of drug-likeness (QED) is 0.670. The Kier molecular flexibility index (Phi) is 6.01. The highest BCUT2D eigenvalue weighted by Gasteiger charge is 2.48. The summed E-state index contributed by atoms with van der Waals surface area (Å²) >= 11 is 5.77. The number of anilines is 1. The zero-order valence-electron chi connectivity index (χ0n) is 17.5. The Labute approximate surface area is 189 Å². The lowest BCUT2D eigenvalue weighted by atomic mass is 9.86. The number of rotatable bonds is 5. The highest BCUT2D eigenvalue weighted by atomic mass is 35.5. The van der Waals surface area contributed by atoms with E-state index in [2.05, 4.69) is 15.6 Å². The molecule has 2 atom stereocenters. The van der Waals surface area contributed by atoms with Crippen molar-refractivity contribution in [3.8, 4) is 0 Å². The monoisotopic (exact) mass is 459 g/mol. The topological polar surface area (TPSA) is 94.6 Å². The number of aromatic nitrogens is 1. The van der Waals surface area contributed by atoms with Gasteiger partial charge >= 0.3 is 6.03 Å². The third kappa shape index (κ3) is 4.12. The molecule has 2 aliphatic heterocycles. The molecule has 32 heavy (non-hydrogen) atoms. The number of nitrogens with zero attached hydrogens (tertiary/aromatic N) is 3. The zero-order valence-corrected chi connectivity index (χ0v) is 18.2.